The van der Waals surface area contributed by atoms with Gasteiger partial charge in [-0.05, 0) is 49.8 Å². The van der Waals surface area contributed by atoms with Gasteiger partial charge in [0.05, 0.1) is 19.6 Å². The Morgan fingerprint density at radius 3 is 2.86 bits per heavy atom. The molecule has 1 heterocycles. The van der Waals surface area contributed by atoms with E-state index in [0.29, 0.717) is 12.5 Å². The van der Waals surface area contributed by atoms with E-state index in [1.807, 2.05) is 0 Å². The normalized spacial score (nSPS) is 14.9. The van der Waals surface area contributed by atoms with Crippen LogP contribution in [0.15, 0.2) is 10.5 Å². The lowest BCUT2D eigenvalue weighted by atomic mass is 10.2. The molecule has 3 heteroatoms. The number of furan rings is 1. The molecule has 0 unspecified atom stereocenters. The van der Waals surface area contributed by atoms with E-state index in [1.165, 1.54) is 18.4 Å². The molecule has 1 fully saturated rings. The maximum Gasteiger partial charge on any atom is 0.120 e. The van der Waals surface area contributed by atoms with Crippen molar-refractivity contribution < 1.29 is 4.42 Å². The summed E-state index contributed by atoms with van der Waals surface area (Å²) in [5.74, 6) is 6.35. The fourth-order valence-corrected chi connectivity index (χ4v) is 2.52. The van der Waals surface area contributed by atoms with Crippen molar-refractivity contribution in [2.75, 3.05) is 19.6 Å². The molecule has 0 aliphatic heterocycles. The minimum atomic E-state index is 0.657. The first-order valence-corrected chi connectivity index (χ1v) is 8.03. The van der Waals surface area contributed by atoms with Gasteiger partial charge in [-0.2, -0.15) is 0 Å². The molecule has 0 amide bonds. The second-order valence-electron chi connectivity index (χ2n) is 6.66. The lowest BCUT2D eigenvalue weighted by molar-refractivity contribution is 0.258. The van der Waals surface area contributed by atoms with Crippen molar-refractivity contribution in [3.8, 4) is 12.3 Å². The summed E-state index contributed by atoms with van der Waals surface area (Å²) in [4.78, 5) is 2.32. The Morgan fingerprint density at radius 2 is 2.24 bits per heavy atom. The summed E-state index contributed by atoms with van der Waals surface area (Å²) in [6.07, 6.45) is 8.18. The topological polar surface area (TPSA) is 28.4 Å². The van der Waals surface area contributed by atoms with Crippen molar-refractivity contribution in [3.63, 3.8) is 0 Å². The fourth-order valence-electron chi connectivity index (χ4n) is 2.52. The molecule has 1 N–H and O–H groups in total. The van der Waals surface area contributed by atoms with Crippen molar-refractivity contribution >= 4 is 0 Å². The minimum absolute atomic E-state index is 0.657. The molecule has 2 rings (SSSR count). The summed E-state index contributed by atoms with van der Waals surface area (Å²) in [5, 5.41) is 3.44. The van der Waals surface area contributed by atoms with Gasteiger partial charge in [-0.15, -0.1) is 6.42 Å². The SMILES string of the molecule is C#CCN(Cc1cc(C)c(CNCC(C)C)o1)CC1CC1. The molecule has 1 aromatic heterocycles. The van der Waals surface area contributed by atoms with Gasteiger partial charge in [0.2, 0.25) is 0 Å². The molecule has 1 aliphatic carbocycles. The number of hydrogen-bond donors (Lipinski definition) is 1. The second-order valence-corrected chi connectivity index (χ2v) is 6.66. The van der Waals surface area contributed by atoms with E-state index in [0.717, 1.165) is 43.6 Å². The van der Waals surface area contributed by atoms with Gasteiger partial charge < -0.3 is 9.73 Å². The molecule has 1 aliphatic rings. The predicted octanol–water partition coefficient (Wildman–Crippen LogP) is 3.18. The highest BCUT2D eigenvalue weighted by atomic mass is 16.3. The second kappa shape index (κ2) is 7.68. The van der Waals surface area contributed by atoms with E-state index in [1.54, 1.807) is 0 Å². The molecule has 116 valence electrons. The monoisotopic (exact) mass is 288 g/mol. The highest BCUT2D eigenvalue weighted by molar-refractivity contribution is 5.20. The summed E-state index contributed by atoms with van der Waals surface area (Å²) in [7, 11) is 0. The first-order chi connectivity index (χ1) is 10.1. The van der Waals surface area contributed by atoms with E-state index in [9.17, 15) is 0 Å². The molecule has 1 aromatic rings. The van der Waals surface area contributed by atoms with Crippen LogP contribution in [0, 0.1) is 31.1 Å². The van der Waals surface area contributed by atoms with Crippen molar-refractivity contribution in [2.45, 2.75) is 46.7 Å². The summed E-state index contributed by atoms with van der Waals surface area (Å²) in [5.41, 5.74) is 1.23. The number of nitrogens with zero attached hydrogens (tertiary/aromatic N) is 1. The molecule has 0 bridgehead atoms. The number of hydrogen-bond acceptors (Lipinski definition) is 3. The van der Waals surface area contributed by atoms with Gasteiger partial charge in [0.25, 0.3) is 0 Å². The highest BCUT2D eigenvalue weighted by Crippen LogP contribution is 2.30. The lowest BCUT2D eigenvalue weighted by Gasteiger charge is -2.17. The van der Waals surface area contributed by atoms with Crippen LogP contribution in [-0.2, 0) is 13.1 Å². The average Bonchev–Trinajstić information content (AvgIpc) is 3.14. The third-order valence-electron chi connectivity index (χ3n) is 3.82. The molecular formula is C18H28N2O. The number of rotatable bonds is 9. The van der Waals surface area contributed by atoms with Gasteiger partial charge in [0.15, 0.2) is 0 Å². The third kappa shape index (κ3) is 5.57. The van der Waals surface area contributed by atoms with Gasteiger partial charge in [0.1, 0.15) is 11.5 Å². The maximum absolute atomic E-state index is 6.00. The molecular weight excluding hydrogens is 260 g/mol. The van der Waals surface area contributed by atoms with Gasteiger partial charge >= 0.3 is 0 Å². The van der Waals surface area contributed by atoms with Crippen LogP contribution in [-0.4, -0.2) is 24.5 Å². The number of aryl methyl sites for hydroxylation is 1. The zero-order valence-corrected chi connectivity index (χ0v) is 13.6. The fraction of sp³-hybridized carbons (Fsp3) is 0.667. The van der Waals surface area contributed by atoms with Crippen LogP contribution in [0.2, 0.25) is 0 Å². The van der Waals surface area contributed by atoms with E-state index in [4.69, 9.17) is 10.8 Å². The third-order valence-corrected chi connectivity index (χ3v) is 3.82. The van der Waals surface area contributed by atoms with Crippen molar-refractivity contribution in [2.24, 2.45) is 11.8 Å². The van der Waals surface area contributed by atoms with E-state index in [2.05, 4.69) is 43.0 Å². The molecule has 1 saturated carbocycles. The smallest absolute Gasteiger partial charge is 0.120 e. The number of terminal acetylenes is 1. The maximum atomic E-state index is 6.00. The van der Waals surface area contributed by atoms with E-state index < -0.39 is 0 Å². The van der Waals surface area contributed by atoms with Gasteiger partial charge in [0, 0.05) is 6.54 Å². The molecule has 0 aromatic carbocycles. The quantitative estimate of drug-likeness (QED) is 0.707. The molecule has 0 saturated heterocycles. The van der Waals surface area contributed by atoms with Crippen molar-refractivity contribution in [3.05, 3.63) is 23.2 Å². The van der Waals surface area contributed by atoms with E-state index >= 15 is 0 Å². The Kier molecular flexibility index (Phi) is 5.90. The lowest BCUT2D eigenvalue weighted by Crippen LogP contribution is -2.25. The summed E-state index contributed by atoms with van der Waals surface area (Å²) in [6, 6.07) is 2.16. The summed E-state index contributed by atoms with van der Waals surface area (Å²) in [6.45, 7) is 11.0. The van der Waals surface area contributed by atoms with Crippen molar-refractivity contribution in [1.29, 1.82) is 0 Å². The largest absolute Gasteiger partial charge is 0.463 e. The van der Waals surface area contributed by atoms with Gasteiger partial charge in [-0.1, -0.05) is 19.8 Å². The van der Waals surface area contributed by atoms with E-state index in [-0.39, 0.29) is 0 Å². The standard InChI is InChI=1S/C18H28N2O/c1-5-8-20(12-16-6-7-16)13-17-9-15(4)18(21-17)11-19-10-14(2)3/h1,9,14,16,19H,6-8,10-13H2,2-4H3. The van der Waals surface area contributed by atoms with Gasteiger partial charge in [-0.25, -0.2) is 0 Å². The molecule has 0 atom stereocenters. The van der Waals surface area contributed by atoms with Crippen LogP contribution in [0.3, 0.4) is 0 Å². The minimum Gasteiger partial charge on any atom is -0.463 e. The Balaban J connectivity index is 1.88. The Morgan fingerprint density at radius 1 is 1.48 bits per heavy atom. The summed E-state index contributed by atoms with van der Waals surface area (Å²) < 4.78 is 6.00. The Labute approximate surface area is 129 Å². The van der Waals surface area contributed by atoms with Crippen molar-refractivity contribution in [1.82, 2.24) is 10.2 Å². The highest BCUT2D eigenvalue weighted by Gasteiger charge is 2.24. The molecule has 3 nitrogen and oxygen atoms in total. The first-order valence-electron chi connectivity index (χ1n) is 8.03. The Hall–Kier alpha value is -1.24. The average molecular weight is 288 g/mol. The van der Waals surface area contributed by atoms with Crippen LogP contribution in [0.4, 0.5) is 0 Å². The van der Waals surface area contributed by atoms with Crippen LogP contribution in [0.25, 0.3) is 0 Å². The molecule has 0 radical (unpaired) electrons. The van der Waals surface area contributed by atoms with Crippen LogP contribution >= 0.6 is 0 Å². The first kappa shape index (κ1) is 16.1. The zero-order chi connectivity index (χ0) is 15.2. The number of nitrogens with one attached hydrogen (secondary N) is 1. The molecule has 0 spiro atoms. The Bertz CT molecular complexity index is 480. The van der Waals surface area contributed by atoms with Crippen LogP contribution < -0.4 is 5.32 Å². The zero-order valence-electron chi connectivity index (χ0n) is 13.6. The summed E-state index contributed by atoms with van der Waals surface area (Å²) >= 11 is 0. The van der Waals surface area contributed by atoms with Crippen LogP contribution in [0.1, 0.15) is 43.8 Å². The van der Waals surface area contributed by atoms with Gasteiger partial charge in [-0.3, -0.25) is 4.90 Å². The van der Waals surface area contributed by atoms with Crippen LogP contribution in [0.5, 0.6) is 0 Å². The molecule has 21 heavy (non-hydrogen) atoms. The predicted molar refractivity (Wildman–Crippen MR) is 86.8 cm³/mol.